The average Bonchev–Trinajstić information content (AvgIpc) is 3.06. The first kappa shape index (κ1) is 14.1. The van der Waals surface area contributed by atoms with Crippen molar-refractivity contribution in [1.82, 2.24) is 10.5 Å². The topological polar surface area (TPSA) is 55.1 Å². The van der Waals surface area contributed by atoms with Crippen LogP contribution < -0.4 is 5.32 Å². The maximum absolute atomic E-state index is 12.2. The highest BCUT2D eigenvalue weighted by Crippen LogP contribution is 2.19. The summed E-state index contributed by atoms with van der Waals surface area (Å²) in [6.07, 6.45) is 0. The van der Waals surface area contributed by atoms with Crippen molar-refractivity contribution < 1.29 is 9.32 Å². The van der Waals surface area contributed by atoms with E-state index in [1.165, 1.54) is 0 Å². The van der Waals surface area contributed by atoms with Gasteiger partial charge < -0.3 is 9.84 Å². The molecule has 1 atom stereocenters. The van der Waals surface area contributed by atoms with Gasteiger partial charge in [0.2, 0.25) is 5.76 Å². The predicted molar refractivity (Wildman–Crippen MR) is 84.3 cm³/mol. The molecule has 0 aliphatic rings. The second-order valence-corrected chi connectivity index (χ2v) is 5.05. The minimum Gasteiger partial charge on any atom is -0.350 e. The van der Waals surface area contributed by atoms with Crippen LogP contribution in [0.15, 0.2) is 71.3 Å². The number of hydrogen-bond acceptors (Lipinski definition) is 3. The summed E-state index contributed by atoms with van der Waals surface area (Å²) in [6.45, 7) is 1.93. The summed E-state index contributed by atoms with van der Waals surface area (Å²) in [5.74, 6) is -0.0623. The van der Waals surface area contributed by atoms with Crippen LogP contribution in [0.1, 0.15) is 29.1 Å². The first-order chi connectivity index (χ1) is 10.7. The molecule has 3 rings (SSSR count). The maximum atomic E-state index is 12.2. The van der Waals surface area contributed by atoms with Crippen LogP contribution in [0.25, 0.3) is 11.3 Å². The highest BCUT2D eigenvalue weighted by atomic mass is 16.5. The fourth-order valence-electron chi connectivity index (χ4n) is 2.22. The minimum absolute atomic E-state index is 0.0982. The molecule has 0 spiro atoms. The third-order valence-corrected chi connectivity index (χ3v) is 3.45. The molecular weight excluding hydrogens is 276 g/mol. The number of amides is 1. The number of benzene rings is 2. The molecule has 3 aromatic rings. The summed E-state index contributed by atoms with van der Waals surface area (Å²) in [5, 5.41) is 6.86. The fourth-order valence-corrected chi connectivity index (χ4v) is 2.22. The SMILES string of the molecule is C[C@@H](NC(=O)c1cc(-c2ccccc2)no1)c1ccccc1. The summed E-state index contributed by atoms with van der Waals surface area (Å²) >= 11 is 0. The molecule has 0 aliphatic heterocycles. The van der Waals surface area contributed by atoms with Crippen LogP contribution in [-0.2, 0) is 0 Å². The van der Waals surface area contributed by atoms with Gasteiger partial charge in [-0.05, 0) is 12.5 Å². The van der Waals surface area contributed by atoms with Gasteiger partial charge in [-0.15, -0.1) is 0 Å². The molecule has 1 amide bonds. The van der Waals surface area contributed by atoms with Gasteiger partial charge in [0.15, 0.2) is 0 Å². The van der Waals surface area contributed by atoms with Crippen LogP contribution in [-0.4, -0.2) is 11.1 Å². The normalized spacial score (nSPS) is 11.9. The summed E-state index contributed by atoms with van der Waals surface area (Å²) in [4.78, 5) is 12.2. The molecule has 0 saturated heterocycles. The number of nitrogens with one attached hydrogen (secondary N) is 1. The number of carbonyl (C=O) groups is 1. The van der Waals surface area contributed by atoms with Crippen molar-refractivity contribution in [2.24, 2.45) is 0 Å². The van der Waals surface area contributed by atoms with E-state index < -0.39 is 0 Å². The van der Waals surface area contributed by atoms with Gasteiger partial charge in [0.25, 0.3) is 5.91 Å². The second-order valence-electron chi connectivity index (χ2n) is 5.05. The van der Waals surface area contributed by atoms with E-state index in [0.29, 0.717) is 5.69 Å². The number of carbonyl (C=O) groups excluding carboxylic acids is 1. The highest BCUT2D eigenvalue weighted by molar-refractivity contribution is 5.92. The van der Waals surface area contributed by atoms with Gasteiger partial charge in [0.05, 0.1) is 6.04 Å². The third kappa shape index (κ3) is 3.06. The fraction of sp³-hybridized carbons (Fsp3) is 0.111. The molecule has 1 heterocycles. The van der Waals surface area contributed by atoms with Crippen LogP contribution in [0, 0.1) is 0 Å². The Bertz CT molecular complexity index is 751. The van der Waals surface area contributed by atoms with Crippen LogP contribution in [0.2, 0.25) is 0 Å². The monoisotopic (exact) mass is 292 g/mol. The van der Waals surface area contributed by atoms with E-state index in [-0.39, 0.29) is 17.7 Å². The third-order valence-electron chi connectivity index (χ3n) is 3.45. The molecule has 4 nitrogen and oxygen atoms in total. The van der Waals surface area contributed by atoms with Crippen LogP contribution in [0.3, 0.4) is 0 Å². The van der Waals surface area contributed by atoms with Crippen molar-refractivity contribution in [1.29, 1.82) is 0 Å². The first-order valence-corrected chi connectivity index (χ1v) is 7.12. The number of hydrogen-bond donors (Lipinski definition) is 1. The maximum Gasteiger partial charge on any atom is 0.290 e. The van der Waals surface area contributed by atoms with Crippen molar-refractivity contribution in [2.45, 2.75) is 13.0 Å². The molecule has 0 saturated carbocycles. The van der Waals surface area contributed by atoms with Crippen LogP contribution >= 0.6 is 0 Å². The Morgan fingerprint density at radius 2 is 1.68 bits per heavy atom. The largest absolute Gasteiger partial charge is 0.350 e. The van der Waals surface area contributed by atoms with Gasteiger partial charge in [-0.2, -0.15) is 0 Å². The number of rotatable bonds is 4. The van der Waals surface area contributed by atoms with Crippen molar-refractivity contribution in [3.63, 3.8) is 0 Å². The predicted octanol–water partition coefficient (Wildman–Crippen LogP) is 3.83. The zero-order valence-corrected chi connectivity index (χ0v) is 12.2. The summed E-state index contributed by atoms with van der Waals surface area (Å²) < 4.78 is 5.16. The molecule has 110 valence electrons. The van der Waals surface area contributed by atoms with E-state index in [9.17, 15) is 4.79 Å². The Kier molecular flexibility index (Phi) is 4.01. The van der Waals surface area contributed by atoms with Gasteiger partial charge >= 0.3 is 0 Å². The van der Waals surface area contributed by atoms with E-state index in [2.05, 4.69) is 10.5 Å². The lowest BCUT2D eigenvalue weighted by Crippen LogP contribution is -2.26. The Morgan fingerprint density at radius 3 is 2.36 bits per heavy atom. The molecule has 0 bridgehead atoms. The van der Waals surface area contributed by atoms with Gasteiger partial charge in [-0.1, -0.05) is 65.8 Å². The van der Waals surface area contributed by atoms with Gasteiger partial charge in [-0.25, -0.2) is 0 Å². The van der Waals surface area contributed by atoms with E-state index in [0.717, 1.165) is 11.1 Å². The zero-order chi connectivity index (χ0) is 15.4. The average molecular weight is 292 g/mol. The molecule has 1 aromatic heterocycles. The van der Waals surface area contributed by atoms with Gasteiger partial charge in [0.1, 0.15) is 5.69 Å². The smallest absolute Gasteiger partial charge is 0.290 e. The van der Waals surface area contributed by atoms with E-state index in [1.54, 1.807) is 6.07 Å². The lowest BCUT2D eigenvalue weighted by Gasteiger charge is -2.12. The van der Waals surface area contributed by atoms with Crippen LogP contribution in [0.4, 0.5) is 0 Å². The van der Waals surface area contributed by atoms with Gasteiger partial charge in [-0.3, -0.25) is 4.79 Å². The lowest BCUT2D eigenvalue weighted by molar-refractivity contribution is 0.0902. The Hall–Kier alpha value is -2.88. The second kappa shape index (κ2) is 6.26. The summed E-state index contributed by atoms with van der Waals surface area (Å²) in [5.41, 5.74) is 2.61. The van der Waals surface area contributed by atoms with Crippen molar-refractivity contribution in [3.8, 4) is 11.3 Å². The van der Waals surface area contributed by atoms with E-state index >= 15 is 0 Å². The van der Waals surface area contributed by atoms with Crippen LogP contribution in [0.5, 0.6) is 0 Å². The molecule has 1 N–H and O–H groups in total. The van der Waals surface area contributed by atoms with Gasteiger partial charge in [0, 0.05) is 11.6 Å². The number of nitrogens with zero attached hydrogens (tertiary/aromatic N) is 1. The van der Waals surface area contributed by atoms with Crippen molar-refractivity contribution in [2.75, 3.05) is 0 Å². The molecule has 0 unspecified atom stereocenters. The molecule has 22 heavy (non-hydrogen) atoms. The molecule has 0 radical (unpaired) electrons. The summed E-state index contributed by atoms with van der Waals surface area (Å²) in [7, 11) is 0. The zero-order valence-electron chi connectivity index (χ0n) is 12.2. The Labute approximate surface area is 128 Å². The minimum atomic E-state index is -0.272. The molecule has 0 fully saturated rings. The molecule has 0 aliphatic carbocycles. The standard InChI is InChI=1S/C18H16N2O2/c1-13(14-8-4-2-5-9-14)19-18(21)17-12-16(20-22-17)15-10-6-3-7-11-15/h2-13H,1H3,(H,19,21)/t13-/m1/s1. The summed E-state index contributed by atoms with van der Waals surface area (Å²) in [6, 6.07) is 20.9. The molecule has 4 heteroatoms. The highest BCUT2D eigenvalue weighted by Gasteiger charge is 2.16. The first-order valence-electron chi connectivity index (χ1n) is 7.12. The van der Waals surface area contributed by atoms with Crippen molar-refractivity contribution >= 4 is 5.91 Å². The van der Waals surface area contributed by atoms with E-state index in [4.69, 9.17) is 4.52 Å². The Balaban J connectivity index is 1.72. The lowest BCUT2D eigenvalue weighted by atomic mass is 10.1. The van der Waals surface area contributed by atoms with E-state index in [1.807, 2.05) is 67.6 Å². The quantitative estimate of drug-likeness (QED) is 0.795. The molecular formula is C18H16N2O2. The Morgan fingerprint density at radius 1 is 1.05 bits per heavy atom. The molecule has 2 aromatic carbocycles. The van der Waals surface area contributed by atoms with Crippen molar-refractivity contribution in [3.05, 3.63) is 78.1 Å². The number of aromatic nitrogens is 1.